The van der Waals surface area contributed by atoms with Crippen LogP contribution in [0.3, 0.4) is 0 Å². The molecule has 4 rings (SSSR count). The van der Waals surface area contributed by atoms with Crippen LogP contribution >= 0.6 is 0 Å². The van der Waals surface area contributed by atoms with E-state index in [-0.39, 0.29) is 17.9 Å². The van der Waals surface area contributed by atoms with Crippen LogP contribution in [-0.2, 0) is 6.61 Å². The molecule has 4 nitrogen and oxygen atoms in total. The van der Waals surface area contributed by atoms with Gasteiger partial charge in [0.1, 0.15) is 23.7 Å². The Morgan fingerprint density at radius 3 is 2.39 bits per heavy atom. The van der Waals surface area contributed by atoms with E-state index in [2.05, 4.69) is 0 Å². The minimum absolute atomic E-state index is 0.101. The average molecular weight is 370 g/mol. The second kappa shape index (κ2) is 7.45. The van der Waals surface area contributed by atoms with Crippen molar-refractivity contribution < 1.29 is 19.7 Å². The van der Waals surface area contributed by atoms with Gasteiger partial charge in [-0.25, -0.2) is 4.79 Å². The van der Waals surface area contributed by atoms with Crippen LogP contribution in [0.1, 0.15) is 15.9 Å². The molecule has 0 aliphatic carbocycles. The average Bonchev–Trinajstić information content (AvgIpc) is 2.72. The topological polar surface area (TPSA) is 66.8 Å². The van der Waals surface area contributed by atoms with Gasteiger partial charge in [-0.1, -0.05) is 60.7 Å². The van der Waals surface area contributed by atoms with Gasteiger partial charge in [-0.05, 0) is 51.7 Å². The lowest BCUT2D eigenvalue weighted by molar-refractivity contribution is 0.0692. The largest absolute Gasteiger partial charge is 0.508 e. The molecule has 0 spiro atoms. The molecule has 2 N–H and O–H groups in total. The Bertz CT molecular complexity index is 1160. The van der Waals surface area contributed by atoms with Gasteiger partial charge in [0.05, 0.1) is 0 Å². The summed E-state index contributed by atoms with van der Waals surface area (Å²) in [6, 6.07) is 25.7. The highest BCUT2D eigenvalue weighted by molar-refractivity contribution is 5.92. The third-order valence-corrected chi connectivity index (χ3v) is 4.65. The summed E-state index contributed by atoms with van der Waals surface area (Å²) in [6.07, 6.45) is 0. The molecule has 0 radical (unpaired) electrons. The highest BCUT2D eigenvalue weighted by Crippen LogP contribution is 2.30. The zero-order chi connectivity index (χ0) is 19.5. The minimum Gasteiger partial charge on any atom is -0.508 e. The maximum atomic E-state index is 11.6. The summed E-state index contributed by atoms with van der Waals surface area (Å²) in [6.45, 7) is 0.255. The van der Waals surface area contributed by atoms with Crippen molar-refractivity contribution in [1.82, 2.24) is 0 Å². The third-order valence-electron chi connectivity index (χ3n) is 4.65. The summed E-state index contributed by atoms with van der Waals surface area (Å²) in [7, 11) is 0. The molecular weight excluding hydrogens is 352 g/mol. The SMILES string of the molecule is O=C(O)c1ccc(-c2cccc(O)c2)cc1OCc1cccc2ccccc12. The Hall–Kier alpha value is -3.79. The van der Waals surface area contributed by atoms with Crippen LogP contribution in [0.2, 0.25) is 0 Å². The first-order valence-electron chi connectivity index (χ1n) is 8.88. The van der Waals surface area contributed by atoms with Crippen molar-refractivity contribution in [2.75, 3.05) is 0 Å². The number of aromatic carboxylic acids is 1. The first kappa shape index (κ1) is 17.6. The number of phenols is 1. The number of hydrogen-bond acceptors (Lipinski definition) is 3. The highest BCUT2D eigenvalue weighted by atomic mass is 16.5. The number of hydrogen-bond donors (Lipinski definition) is 2. The van der Waals surface area contributed by atoms with E-state index < -0.39 is 5.97 Å². The summed E-state index contributed by atoms with van der Waals surface area (Å²) >= 11 is 0. The van der Waals surface area contributed by atoms with E-state index in [4.69, 9.17) is 4.74 Å². The number of phenolic OH excluding ortho intramolecular Hbond substituents is 1. The summed E-state index contributed by atoms with van der Waals surface area (Å²) < 4.78 is 5.94. The van der Waals surface area contributed by atoms with E-state index >= 15 is 0 Å². The molecule has 0 aliphatic rings. The van der Waals surface area contributed by atoms with Crippen LogP contribution < -0.4 is 4.74 Å². The number of ether oxygens (including phenoxy) is 1. The van der Waals surface area contributed by atoms with Gasteiger partial charge in [-0.3, -0.25) is 0 Å². The molecule has 4 aromatic rings. The maximum Gasteiger partial charge on any atom is 0.339 e. The number of benzene rings is 4. The van der Waals surface area contributed by atoms with E-state index in [0.717, 1.165) is 27.5 Å². The lowest BCUT2D eigenvalue weighted by atomic mass is 10.0. The lowest BCUT2D eigenvalue weighted by Gasteiger charge is -2.13. The van der Waals surface area contributed by atoms with Crippen LogP contribution in [0.25, 0.3) is 21.9 Å². The monoisotopic (exact) mass is 370 g/mol. The minimum atomic E-state index is -1.05. The number of carbonyl (C=O) groups is 1. The first-order valence-corrected chi connectivity index (χ1v) is 8.88. The van der Waals surface area contributed by atoms with Crippen LogP contribution in [0.5, 0.6) is 11.5 Å². The predicted octanol–water partition coefficient (Wildman–Crippen LogP) is 5.49. The number of carboxylic acid groups (broad SMARTS) is 1. The van der Waals surface area contributed by atoms with Gasteiger partial charge < -0.3 is 14.9 Å². The number of carboxylic acids is 1. The fourth-order valence-electron chi connectivity index (χ4n) is 3.26. The zero-order valence-electron chi connectivity index (χ0n) is 15.0. The number of fused-ring (bicyclic) bond motifs is 1. The van der Waals surface area contributed by atoms with E-state index in [1.54, 1.807) is 30.3 Å². The molecule has 0 atom stereocenters. The molecular formula is C24H18O4. The Morgan fingerprint density at radius 1 is 0.821 bits per heavy atom. The second-order valence-electron chi connectivity index (χ2n) is 6.49. The normalized spacial score (nSPS) is 10.7. The summed E-state index contributed by atoms with van der Waals surface area (Å²) in [5.41, 5.74) is 2.64. The Morgan fingerprint density at radius 2 is 1.57 bits per heavy atom. The van der Waals surface area contributed by atoms with Gasteiger partial charge in [0, 0.05) is 0 Å². The van der Waals surface area contributed by atoms with Crippen LogP contribution in [-0.4, -0.2) is 16.2 Å². The fraction of sp³-hybridized carbons (Fsp3) is 0.0417. The zero-order valence-corrected chi connectivity index (χ0v) is 15.0. The highest BCUT2D eigenvalue weighted by Gasteiger charge is 2.14. The van der Waals surface area contributed by atoms with Gasteiger partial charge in [0.2, 0.25) is 0 Å². The number of rotatable bonds is 5. The van der Waals surface area contributed by atoms with Crippen LogP contribution in [0.15, 0.2) is 84.9 Å². The Labute approximate surface area is 162 Å². The molecule has 0 saturated heterocycles. The van der Waals surface area contributed by atoms with Crippen molar-refractivity contribution in [3.63, 3.8) is 0 Å². The van der Waals surface area contributed by atoms with E-state index in [9.17, 15) is 15.0 Å². The van der Waals surface area contributed by atoms with Gasteiger partial charge >= 0.3 is 5.97 Å². The summed E-state index contributed by atoms with van der Waals surface area (Å²) in [5.74, 6) is -0.602. The molecule has 4 aromatic carbocycles. The van der Waals surface area contributed by atoms with Crippen molar-refractivity contribution in [2.24, 2.45) is 0 Å². The molecule has 0 saturated carbocycles. The van der Waals surface area contributed by atoms with E-state index in [0.29, 0.717) is 5.75 Å². The smallest absolute Gasteiger partial charge is 0.339 e. The molecule has 0 bridgehead atoms. The molecule has 28 heavy (non-hydrogen) atoms. The quantitative estimate of drug-likeness (QED) is 0.487. The number of aromatic hydroxyl groups is 1. The van der Waals surface area contributed by atoms with Crippen molar-refractivity contribution in [3.05, 3.63) is 96.1 Å². The molecule has 0 fully saturated rings. The molecule has 0 aromatic heterocycles. The van der Waals surface area contributed by atoms with E-state index in [1.807, 2.05) is 48.5 Å². The predicted molar refractivity (Wildman–Crippen MR) is 109 cm³/mol. The van der Waals surface area contributed by atoms with Crippen molar-refractivity contribution in [1.29, 1.82) is 0 Å². The molecule has 0 amide bonds. The summed E-state index contributed by atoms with van der Waals surface area (Å²) in [5, 5.41) is 21.4. The fourth-order valence-corrected chi connectivity index (χ4v) is 3.26. The van der Waals surface area contributed by atoms with Crippen molar-refractivity contribution in [2.45, 2.75) is 6.61 Å². The van der Waals surface area contributed by atoms with Crippen LogP contribution in [0.4, 0.5) is 0 Å². The van der Waals surface area contributed by atoms with E-state index in [1.165, 1.54) is 6.07 Å². The lowest BCUT2D eigenvalue weighted by Crippen LogP contribution is -2.04. The molecule has 0 aliphatic heterocycles. The van der Waals surface area contributed by atoms with Crippen molar-refractivity contribution in [3.8, 4) is 22.6 Å². The van der Waals surface area contributed by atoms with Gasteiger partial charge in [-0.15, -0.1) is 0 Å². The van der Waals surface area contributed by atoms with Crippen LogP contribution in [0, 0.1) is 0 Å². The standard InChI is InChI=1S/C24H18O4/c25-20-9-4-7-17(13-20)18-11-12-22(24(26)27)23(14-18)28-15-19-8-3-6-16-5-1-2-10-21(16)19/h1-14,25H,15H2,(H,26,27). The Kier molecular flexibility index (Phi) is 4.68. The van der Waals surface area contributed by atoms with Crippen molar-refractivity contribution >= 4 is 16.7 Å². The Balaban J connectivity index is 1.69. The maximum absolute atomic E-state index is 11.6. The van der Waals surface area contributed by atoms with Gasteiger partial charge in [-0.2, -0.15) is 0 Å². The first-order chi connectivity index (χ1) is 13.6. The second-order valence-corrected chi connectivity index (χ2v) is 6.49. The van der Waals surface area contributed by atoms with Gasteiger partial charge in [0.25, 0.3) is 0 Å². The third kappa shape index (κ3) is 3.53. The molecule has 138 valence electrons. The molecule has 4 heteroatoms. The molecule has 0 heterocycles. The molecule has 0 unspecified atom stereocenters. The van der Waals surface area contributed by atoms with Gasteiger partial charge in [0.15, 0.2) is 0 Å². The summed E-state index contributed by atoms with van der Waals surface area (Å²) in [4.78, 5) is 11.6.